The number of fused-ring (bicyclic) bond motifs is 3. The summed E-state index contributed by atoms with van der Waals surface area (Å²) in [4.78, 5) is 18.5. The summed E-state index contributed by atoms with van der Waals surface area (Å²) in [6, 6.07) is 11.5. The fourth-order valence-electron chi connectivity index (χ4n) is 3.29. The van der Waals surface area contributed by atoms with Crippen LogP contribution in [0.1, 0.15) is 11.1 Å². The van der Waals surface area contributed by atoms with E-state index in [4.69, 9.17) is 14.7 Å². The van der Waals surface area contributed by atoms with Crippen LogP contribution < -0.4 is 15.3 Å². The lowest BCUT2D eigenvalue weighted by Crippen LogP contribution is -2.43. The summed E-state index contributed by atoms with van der Waals surface area (Å²) >= 11 is 0. The molecule has 4 rings (SSSR count). The molecule has 2 aromatic rings. The van der Waals surface area contributed by atoms with Crippen molar-refractivity contribution in [3.63, 3.8) is 0 Å². The summed E-state index contributed by atoms with van der Waals surface area (Å²) in [6.45, 7) is 3.12. The lowest BCUT2D eigenvalue weighted by molar-refractivity contribution is 0.0956. The number of hydrogen-bond acceptors (Lipinski definition) is 6. The summed E-state index contributed by atoms with van der Waals surface area (Å²) in [5.74, 6) is 1.22. The molecule has 7 heteroatoms. The zero-order chi connectivity index (χ0) is 17.2. The Bertz CT molecular complexity index is 869. The summed E-state index contributed by atoms with van der Waals surface area (Å²) in [5, 5.41) is 8.81. The van der Waals surface area contributed by atoms with Crippen molar-refractivity contribution in [2.45, 2.75) is 19.0 Å². The number of aromatic nitrogens is 2. The fraction of sp³-hybridized carbons (Fsp3) is 0.389. The monoisotopic (exact) mass is 338 g/mol. The first-order valence-corrected chi connectivity index (χ1v) is 8.33. The highest BCUT2D eigenvalue weighted by Gasteiger charge is 2.33. The molecule has 0 bridgehead atoms. The first-order chi connectivity index (χ1) is 12.2. The third kappa shape index (κ3) is 3.08. The average Bonchev–Trinajstić information content (AvgIpc) is 3.02. The van der Waals surface area contributed by atoms with E-state index in [1.165, 1.54) is 0 Å². The SMILES string of the molecule is N#Cc1ccc(CCOc2cc3n(c(=O)n2)CC2COCCN32)cc1. The van der Waals surface area contributed by atoms with Gasteiger partial charge in [-0.25, -0.2) is 4.79 Å². The van der Waals surface area contributed by atoms with Crippen LogP contribution in [-0.4, -0.2) is 42.0 Å². The quantitative estimate of drug-likeness (QED) is 0.826. The van der Waals surface area contributed by atoms with E-state index in [0.717, 1.165) is 17.9 Å². The predicted octanol–water partition coefficient (Wildman–Crippen LogP) is 0.955. The Morgan fingerprint density at radius 3 is 3.00 bits per heavy atom. The molecule has 2 aliphatic rings. The first-order valence-electron chi connectivity index (χ1n) is 8.33. The molecule has 0 amide bonds. The van der Waals surface area contributed by atoms with Gasteiger partial charge >= 0.3 is 5.69 Å². The van der Waals surface area contributed by atoms with E-state index in [1.807, 2.05) is 18.2 Å². The van der Waals surface area contributed by atoms with Gasteiger partial charge < -0.3 is 14.4 Å². The molecular formula is C18H18N4O3. The summed E-state index contributed by atoms with van der Waals surface area (Å²) in [7, 11) is 0. The number of hydrogen-bond donors (Lipinski definition) is 0. The van der Waals surface area contributed by atoms with Gasteiger partial charge in [0.2, 0.25) is 5.88 Å². The van der Waals surface area contributed by atoms with Gasteiger partial charge in [0, 0.05) is 19.0 Å². The number of nitrogens with zero attached hydrogens (tertiary/aromatic N) is 4. The van der Waals surface area contributed by atoms with Gasteiger partial charge in [-0.15, -0.1) is 0 Å². The van der Waals surface area contributed by atoms with E-state index in [9.17, 15) is 4.79 Å². The molecule has 128 valence electrons. The number of ether oxygens (including phenoxy) is 2. The van der Waals surface area contributed by atoms with Crippen LogP contribution in [0.3, 0.4) is 0 Å². The second-order valence-corrected chi connectivity index (χ2v) is 6.18. The molecule has 7 nitrogen and oxygen atoms in total. The van der Waals surface area contributed by atoms with Crippen LogP contribution in [0, 0.1) is 11.3 Å². The van der Waals surface area contributed by atoms with E-state index in [2.05, 4.69) is 16.0 Å². The highest BCUT2D eigenvalue weighted by molar-refractivity contribution is 5.47. The van der Waals surface area contributed by atoms with Crippen molar-refractivity contribution in [3.8, 4) is 11.9 Å². The second-order valence-electron chi connectivity index (χ2n) is 6.18. The van der Waals surface area contributed by atoms with Crippen molar-refractivity contribution in [1.82, 2.24) is 9.55 Å². The van der Waals surface area contributed by atoms with Gasteiger partial charge in [0.05, 0.1) is 44.0 Å². The molecule has 1 aromatic heterocycles. The Kier molecular flexibility index (Phi) is 4.12. The molecule has 0 radical (unpaired) electrons. The molecule has 1 saturated heterocycles. The molecule has 1 aromatic carbocycles. The minimum atomic E-state index is -0.278. The number of rotatable bonds is 4. The topological polar surface area (TPSA) is 80.4 Å². The van der Waals surface area contributed by atoms with Crippen molar-refractivity contribution < 1.29 is 9.47 Å². The molecule has 0 saturated carbocycles. The Labute approximate surface area is 145 Å². The standard InChI is InChI=1S/C18H18N4O3/c19-10-14-3-1-13(2-4-14)5-7-25-16-9-17-21-6-8-24-12-15(21)11-22(17)18(23)20-16/h1-4,9,15H,5-8,11-12H2. The second kappa shape index (κ2) is 6.57. The van der Waals surface area contributed by atoms with Crippen molar-refractivity contribution in [3.05, 3.63) is 51.9 Å². The van der Waals surface area contributed by atoms with Crippen LogP contribution in [0.15, 0.2) is 35.1 Å². The molecule has 0 spiro atoms. The number of benzene rings is 1. The van der Waals surface area contributed by atoms with Crippen LogP contribution in [0.5, 0.6) is 5.88 Å². The molecule has 2 aliphatic heterocycles. The maximum atomic E-state index is 12.3. The number of morpholine rings is 1. The summed E-state index contributed by atoms with van der Waals surface area (Å²) in [6.07, 6.45) is 0.686. The zero-order valence-corrected chi connectivity index (χ0v) is 13.7. The molecule has 1 unspecified atom stereocenters. The summed E-state index contributed by atoms with van der Waals surface area (Å²) in [5.41, 5.74) is 1.43. The molecular weight excluding hydrogens is 320 g/mol. The smallest absolute Gasteiger partial charge is 0.352 e. The minimum absolute atomic E-state index is 0.206. The minimum Gasteiger partial charge on any atom is -0.477 e. The highest BCUT2D eigenvalue weighted by Crippen LogP contribution is 2.28. The summed E-state index contributed by atoms with van der Waals surface area (Å²) < 4.78 is 12.9. The highest BCUT2D eigenvalue weighted by atomic mass is 16.5. The maximum absolute atomic E-state index is 12.3. The van der Waals surface area contributed by atoms with Gasteiger partial charge in [-0.3, -0.25) is 4.57 Å². The molecule has 0 N–H and O–H groups in total. The Balaban J connectivity index is 1.44. The van der Waals surface area contributed by atoms with E-state index >= 15 is 0 Å². The van der Waals surface area contributed by atoms with Crippen molar-refractivity contribution >= 4 is 5.82 Å². The van der Waals surface area contributed by atoms with Gasteiger partial charge in [0.1, 0.15) is 5.82 Å². The Morgan fingerprint density at radius 2 is 2.20 bits per heavy atom. The fourth-order valence-corrected chi connectivity index (χ4v) is 3.29. The van der Waals surface area contributed by atoms with Crippen molar-refractivity contribution in [2.24, 2.45) is 0 Å². The Morgan fingerprint density at radius 1 is 1.36 bits per heavy atom. The third-order valence-electron chi connectivity index (χ3n) is 4.60. The van der Waals surface area contributed by atoms with Gasteiger partial charge in [-0.05, 0) is 17.7 Å². The third-order valence-corrected chi connectivity index (χ3v) is 4.60. The largest absolute Gasteiger partial charge is 0.477 e. The Hall–Kier alpha value is -2.85. The molecule has 3 heterocycles. The molecule has 0 aliphatic carbocycles. The normalized spacial score (nSPS) is 18.4. The van der Waals surface area contributed by atoms with Crippen LogP contribution in [0.4, 0.5) is 5.82 Å². The van der Waals surface area contributed by atoms with Crippen LogP contribution >= 0.6 is 0 Å². The lowest BCUT2D eigenvalue weighted by Gasteiger charge is -2.30. The maximum Gasteiger partial charge on any atom is 0.352 e. The molecule has 25 heavy (non-hydrogen) atoms. The lowest BCUT2D eigenvalue weighted by atomic mass is 10.1. The molecule has 1 atom stereocenters. The van der Waals surface area contributed by atoms with Gasteiger partial charge in [-0.2, -0.15) is 10.2 Å². The van der Waals surface area contributed by atoms with Crippen molar-refractivity contribution in [2.75, 3.05) is 31.3 Å². The van der Waals surface area contributed by atoms with Crippen LogP contribution in [-0.2, 0) is 17.7 Å². The number of nitriles is 1. The predicted molar refractivity (Wildman–Crippen MR) is 90.8 cm³/mol. The van der Waals surface area contributed by atoms with Crippen molar-refractivity contribution in [1.29, 1.82) is 5.26 Å². The average molecular weight is 338 g/mol. The van der Waals surface area contributed by atoms with Gasteiger partial charge in [0.25, 0.3) is 0 Å². The van der Waals surface area contributed by atoms with E-state index in [0.29, 0.717) is 44.2 Å². The first kappa shape index (κ1) is 15.7. The number of anilines is 1. The van der Waals surface area contributed by atoms with Gasteiger partial charge in [-0.1, -0.05) is 12.1 Å². The van der Waals surface area contributed by atoms with Gasteiger partial charge in [0.15, 0.2) is 0 Å². The van der Waals surface area contributed by atoms with Crippen LogP contribution in [0.2, 0.25) is 0 Å². The van der Waals surface area contributed by atoms with Crippen LogP contribution in [0.25, 0.3) is 0 Å². The van der Waals surface area contributed by atoms with E-state index < -0.39 is 0 Å². The zero-order valence-electron chi connectivity index (χ0n) is 13.7. The van der Waals surface area contributed by atoms with E-state index in [1.54, 1.807) is 16.7 Å². The molecule has 1 fully saturated rings. The van der Waals surface area contributed by atoms with E-state index in [-0.39, 0.29) is 11.7 Å².